The predicted octanol–water partition coefficient (Wildman–Crippen LogP) is 3.09. The normalized spacial score (nSPS) is 42.3. The van der Waals surface area contributed by atoms with E-state index in [1.807, 2.05) is 46.7 Å². The first-order chi connectivity index (χ1) is 29.2. The SMILES string of the molecule is CC[C@H]1OC(=O)[C@H](C)[C@@H](O[C@H]2C[C@@](C)(OC)[C@@H](OC(=O)NCCC(=O)NC(C)C)[C@H](C)O2)[C@H](C)[C@@H](O[C@@H]2O[C@H](C)C[C@H](N(C)C)[C@H]2O)[C@@](C)(OC)C[C@@H](C)C(=O)[C@H](C)[C@@H](O)[C@]1(C)O. The first-order valence-corrected chi connectivity index (χ1v) is 22.6. The molecular weight excluding hydrogens is 823 g/mol. The highest BCUT2D eigenvalue weighted by atomic mass is 16.7. The van der Waals surface area contributed by atoms with Gasteiger partial charge in [0.05, 0.1) is 42.0 Å². The second-order valence-electron chi connectivity index (χ2n) is 19.4. The van der Waals surface area contributed by atoms with Gasteiger partial charge in [-0.3, -0.25) is 14.4 Å². The Balaban J connectivity index is 2.11. The van der Waals surface area contributed by atoms with Gasteiger partial charge in [-0.25, -0.2) is 4.79 Å². The van der Waals surface area contributed by atoms with Crippen LogP contribution < -0.4 is 10.6 Å². The van der Waals surface area contributed by atoms with Crippen molar-refractivity contribution in [2.75, 3.05) is 34.9 Å². The molecule has 0 spiro atoms. The van der Waals surface area contributed by atoms with Crippen molar-refractivity contribution < 1.29 is 72.4 Å². The van der Waals surface area contributed by atoms with Crippen molar-refractivity contribution >= 4 is 23.8 Å². The molecule has 0 aromatic rings. The molecule has 0 aromatic heterocycles. The summed E-state index contributed by atoms with van der Waals surface area (Å²) in [6.07, 6.45) is -10.3. The number of aliphatic hydroxyl groups excluding tert-OH is 2. The van der Waals surface area contributed by atoms with E-state index in [1.165, 1.54) is 28.1 Å². The number of methoxy groups -OCH3 is 2. The van der Waals surface area contributed by atoms with Gasteiger partial charge < -0.3 is 68.7 Å². The lowest BCUT2D eigenvalue weighted by atomic mass is 9.74. The van der Waals surface area contributed by atoms with Gasteiger partial charge in [-0.2, -0.15) is 0 Å². The van der Waals surface area contributed by atoms with Crippen LogP contribution in [0, 0.1) is 23.7 Å². The summed E-state index contributed by atoms with van der Waals surface area (Å²) in [5, 5.41) is 40.4. The maximum Gasteiger partial charge on any atom is 0.407 e. The molecule has 5 N–H and O–H groups in total. The van der Waals surface area contributed by atoms with E-state index in [9.17, 15) is 34.5 Å². The van der Waals surface area contributed by atoms with Crippen LogP contribution in [-0.2, 0) is 52.3 Å². The first-order valence-electron chi connectivity index (χ1n) is 22.6. The third kappa shape index (κ3) is 13.3. The quantitative estimate of drug-likeness (QED) is 0.167. The number of cyclic esters (lactones) is 1. The van der Waals surface area contributed by atoms with Gasteiger partial charge in [-0.05, 0) is 88.7 Å². The molecule has 0 aliphatic carbocycles. The fraction of sp³-hybridized carbons (Fsp3) is 0.911. The molecule has 18 heteroatoms. The second kappa shape index (κ2) is 22.8. The van der Waals surface area contributed by atoms with E-state index >= 15 is 0 Å². The minimum atomic E-state index is -2.01. The molecule has 3 heterocycles. The highest BCUT2D eigenvalue weighted by Crippen LogP contribution is 2.42. The van der Waals surface area contributed by atoms with E-state index in [-0.39, 0.29) is 62.1 Å². The Kier molecular flexibility index (Phi) is 19.8. The van der Waals surface area contributed by atoms with Gasteiger partial charge in [0.1, 0.15) is 29.2 Å². The number of alkyl carbamates (subject to hydrolysis) is 1. The Hall–Kier alpha value is -2.52. The zero-order valence-corrected chi connectivity index (χ0v) is 40.7. The molecule has 18 nitrogen and oxygen atoms in total. The van der Waals surface area contributed by atoms with Crippen LogP contribution in [0.25, 0.3) is 0 Å². The molecule has 3 rings (SSSR count). The first kappa shape index (κ1) is 54.8. The Morgan fingerprint density at radius 1 is 0.905 bits per heavy atom. The van der Waals surface area contributed by atoms with Crippen molar-refractivity contribution in [3.8, 4) is 0 Å². The van der Waals surface area contributed by atoms with E-state index in [4.69, 9.17) is 37.9 Å². The van der Waals surface area contributed by atoms with Crippen molar-refractivity contribution in [2.45, 2.75) is 205 Å². The fourth-order valence-electron chi connectivity index (χ4n) is 9.62. The fourth-order valence-corrected chi connectivity index (χ4v) is 9.62. The molecule has 0 unspecified atom stereocenters. The molecule has 18 atom stereocenters. The molecule has 63 heavy (non-hydrogen) atoms. The van der Waals surface area contributed by atoms with Crippen molar-refractivity contribution in [3.05, 3.63) is 0 Å². The number of carbonyl (C=O) groups excluding carboxylic acids is 4. The Morgan fingerprint density at radius 2 is 1.51 bits per heavy atom. The molecule has 3 aliphatic heterocycles. The van der Waals surface area contributed by atoms with E-state index < -0.39 is 108 Å². The molecule has 0 aromatic carbocycles. The van der Waals surface area contributed by atoms with Crippen LogP contribution in [0.3, 0.4) is 0 Å². The van der Waals surface area contributed by atoms with Crippen molar-refractivity contribution in [2.24, 2.45) is 23.7 Å². The summed E-state index contributed by atoms with van der Waals surface area (Å²) in [4.78, 5) is 55.6. The number of hydrogen-bond acceptors (Lipinski definition) is 16. The van der Waals surface area contributed by atoms with E-state index in [0.29, 0.717) is 6.42 Å². The summed E-state index contributed by atoms with van der Waals surface area (Å²) in [5.41, 5.74) is -4.50. The summed E-state index contributed by atoms with van der Waals surface area (Å²) in [6, 6.07) is -0.369. The number of likely N-dealkylation sites (N-methyl/N-ethyl adjacent to an activating group) is 1. The molecule has 3 saturated heterocycles. The van der Waals surface area contributed by atoms with Gasteiger partial charge in [-0.15, -0.1) is 0 Å². The number of rotatable bonds is 13. The third-order valence-electron chi connectivity index (χ3n) is 13.5. The Morgan fingerprint density at radius 3 is 2.06 bits per heavy atom. The molecule has 366 valence electrons. The Labute approximate surface area is 375 Å². The van der Waals surface area contributed by atoms with E-state index in [2.05, 4.69) is 10.6 Å². The number of esters is 1. The van der Waals surface area contributed by atoms with Crippen molar-refractivity contribution in [1.82, 2.24) is 15.5 Å². The largest absolute Gasteiger partial charge is 0.459 e. The summed E-state index contributed by atoms with van der Waals surface area (Å²) < 4.78 is 50.6. The van der Waals surface area contributed by atoms with Gasteiger partial charge in [0.15, 0.2) is 18.7 Å². The molecule has 0 radical (unpaired) electrons. The number of aliphatic hydroxyl groups is 3. The highest BCUT2D eigenvalue weighted by molar-refractivity contribution is 5.83. The van der Waals surface area contributed by atoms with Crippen molar-refractivity contribution in [3.63, 3.8) is 0 Å². The minimum absolute atomic E-state index is 0.0228. The van der Waals surface area contributed by atoms with Crippen LogP contribution in [0.5, 0.6) is 0 Å². The average Bonchev–Trinajstić information content (AvgIpc) is 3.20. The lowest BCUT2D eigenvalue weighted by molar-refractivity contribution is -0.319. The van der Waals surface area contributed by atoms with Crippen LogP contribution in [-0.4, -0.2) is 169 Å². The summed E-state index contributed by atoms with van der Waals surface area (Å²) in [7, 11) is 6.69. The average molecular weight is 904 g/mol. The monoisotopic (exact) mass is 904 g/mol. The lowest BCUT2D eigenvalue weighted by Crippen LogP contribution is -2.62. The standard InChI is InChI=1S/C45H81N3O15/c1-17-31-45(12,55)37(52)26(6)34(50)24(4)21-43(10,56-15)38(62-41-35(51)30(48(13)14)20-25(5)58-41)27(7)36(28(8)40(53)60-31)61-33-22-44(11,57-16)39(29(9)59-33)63-42(54)46-19-18-32(49)47-23(2)3/h23-31,33,35-39,41,51-52,55H,17-22H2,1-16H3,(H,46,54)(H,47,49)/t24-,25-,26+,27+,28-,29+,30+,31-,33+,35-,36+,37-,38-,39+,41+,43+,44-,45-/m1/s1. The maximum absolute atomic E-state index is 14.4. The Bertz CT molecular complexity index is 1520. The molecule has 0 bridgehead atoms. The van der Waals surface area contributed by atoms with Crippen LogP contribution in [0.2, 0.25) is 0 Å². The number of ketones is 1. The summed E-state index contributed by atoms with van der Waals surface area (Å²) >= 11 is 0. The molecule has 2 amide bonds. The van der Waals surface area contributed by atoms with E-state index in [1.54, 1.807) is 41.5 Å². The van der Waals surface area contributed by atoms with Gasteiger partial charge in [0.25, 0.3) is 0 Å². The van der Waals surface area contributed by atoms with Crippen LogP contribution in [0.15, 0.2) is 0 Å². The number of ether oxygens (including phenoxy) is 8. The predicted molar refractivity (Wildman–Crippen MR) is 231 cm³/mol. The molecule has 0 saturated carbocycles. The molecular formula is C45H81N3O15. The number of hydrogen-bond donors (Lipinski definition) is 5. The van der Waals surface area contributed by atoms with Crippen LogP contribution >= 0.6 is 0 Å². The van der Waals surface area contributed by atoms with Gasteiger partial charge in [0.2, 0.25) is 5.91 Å². The van der Waals surface area contributed by atoms with Crippen LogP contribution in [0.4, 0.5) is 4.79 Å². The number of amides is 2. The van der Waals surface area contributed by atoms with Gasteiger partial charge in [0, 0.05) is 63.4 Å². The molecule has 3 fully saturated rings. The topological polar surface area (TPSA) is 230 Å². The smallest absolute Gasteiger partial charge is 0.407 e. The number of nitrogens with zero attached hydrogens (tertiary/aromatic N) is 1. The minimum Gasteiger partial charge on any atom is -0.459 e. The lowest BCUT2D eigenvalue weighted by Gasteiger charge is -2.50. The summed E-state index contributed by atoms with van der Waals surface area (Å²) in [6.45, 7) is 20.6. The maximum atomic E-state index is 14.4. The number of nitrogens with one attached hydrogen (secondary N) is 2. The second-order valence-corrected chi connectivity index (χ2v) is 19.4. The van der Waals surface area contributed by atoms with Crippen LogP contribution in [0.1, 0.15) is 115 Å². The third-order valence-corrected chi connectivity index (χ3v) is 13.5. The van der Waals surface area contributed by atoms with Gasteiger partial charge >= 0.3 is 12.1 Å². The number of carbonyl (C=O) groups is 4. The number of Topliss-reactive ketones (excluding diaryl/α,β-unsaturated/α-hetero) is 1. The van der Waals surface area contributed by atoms with Crippen molar-refractivity contribution in [1.29, 1.82) is 0 Å². The van der Waals surface area contributed by atoms with E-state index in [0.717, 1.165) is 0 Å². The zero-order chi connectivity index (χ0) is 47.9. The molecule has 3 aliphatic rings. The van der Waals surface area contributed by atoms with Gasteiger partial charge in [-0.1, -0.05) is 27.7 Å². The highest BCUT2D eigenvalue weighted by Gasteiger charge is 2.55. The zero-order valence-electron chi connectivity index (χ0n) is 40.7. The summed E-state index contributed by atoms with van der Waals surface area (Å²) in [5.74, 6) is -5.00.